The summed E-state index contributed by atoms with van der Waals surface area (Å²) in [5, 5.41) is 2.55. The van der Waals surface area contributed by atoms with Crippen molar-refractivity contribution in [3.05, 3.63) is 87.3 Å². The molecule has 5 heteroatoms. The minimum absolute atomic E-state index is 0.0518. The molecule has 0 fully saturated rings. The lowest BCUT2D eigenvalue weighted by molar-refractivity contribution is 0.106. The Hall–Kier alpha value is -2.69. The molecule has 2 aromatic carbocycles. The number of thiophene rings is 1. The summed E-state index contributed by atoms with van der Waals surface area (Å²) in [6, 6.07) is 18.8. The average molecular weight is 365 g/mol. The summed E-state index contributed by atoms with van der Waals surface area (Å²) in [6.07, 6.45) is 1.84. The van der Waals surface area contributed by atoms with Crippen LogP contribution in [0, 0.1) is 0 Å². The Morgan fingerprint density at radius 3 is 2.56 bits per heavy atom. The van der Waals surface area contributed by atoms with Gasteiger partial charge in [0, 0.05) is 5.02 Å². The van der Waals surface area contributed by atoms with E-state index >= 15 is 0 Å². The number of imidazole rings is 1. The van der Waals surface area contributed by atoms with Gasteiger partial charge in [-0.2, -0.15) is 0 Å². The molecule has 2 aromatic heterocycles. The first kappa shape index (κ1) is 15.8. The third kappa shape index (κ3) is 3.27. The van der Waals surface area contributed by atoms with E-state index in [1.165, 1.54) is 11.3 Å². The van der Waals surface area contributed by atoms with Gasteiger partial charge >= 0.3 is 0 Å². The number of rotatable bonds is 4. The second kappa shape index (κ2) is 6.67. The highest BCUT2D eigenvalue weighted by molar-refractivity contribution is 7.12. The molecule has 0 atom stereocenters. The molecule has 4 rings (SSSR count). The fourth-order valence-electron chi connectivity index (χ4n) is 2.59. The maximum atomic E-state index is 13.0. The third-order valence-corrected chi connectivity index (χ3v) is 4.94. The minimum atomic E-state index is -0.0518. The number of aromatic nitrogens is 2. The van der Waals surface area contributed by atoms with Crippen LogP contribution >= 0.6 is 22.9 Å². The highest BCUT2D eigenvalue weighted by Gasteiger charge is 2.18. The van der Waals surface area contributed by atoms with Crippen molar-refractivity contribution in [2.24, 2.45) is 0 Å². The van der Waals surface area contributed by atoms with Crippen molar-refractivity contribution in [2.75, 3.05) is 0 Å². The molecule has 0 amide bonds. The molecule has 0 radical (unpaired) electrons. The van der Waals surface area contributed by atoms with Crippen LogP contribution in [-0.2, 0) is 0 Å². The fourth-order valence-corrected chi connectivity index (χ4v) is 3.39. The van der Waals surface area contributed by atoms with Crippen LogP contribution in [0.15, 0.2) is 66.0 Å². The van der Waals surface area contributed by atoms with Gasteiger partial charge in [-0.15, -0.1) is 11.3 Å². The number of Topliss-reactive ketones (excluding diaryl/α,β-unsaturated/α-hetero) is 1. The van der Waals surface area contributed by atoms with Crippen LogP contribution in [0.5, 0.6) is 0 Å². The van der Waals surface area contributed by atoms with E-state index in [0.29, 0.717) is 21.3 Å². The largest absolute Gasteiger partial charge is 0.338 e. The zero-order valence-corrected chi connectivity index (χ0v) is 14.6. The van der Waals surface area contributed by atoms with Gasteiger partial charge in [0.25, 0.3) is 0 Å². The summed E-state index contributed by atoms with van der Waals surface area (Å²) in [5.74, 6) is 0.513. The molecule has 0 saturated heterocycles. The molecule has 0 aliphatic heterocycles. The van der Waals surface area contributed by atoms with Crippen LogP contribution < -0.4 is 0 Å². The average Bonchev–Trinajstić information content (AvgIpc) is 3.30. The predicted molar refractivity (Wildman–Crippen MR) is 104 cm³/mol. The Balaban J connectivity index is 1.85. The first-order chi connectivity index (χ1) is 12.2. The lowest BCUT2D eigenvalue weighted by Crippen LogP contribution is -2.02. The highest BCUT2D eigenvalue weighted by Crippen LogP contribution is 2.25. The molecular weight excluding hydrogens is 352 g/mol. The van der Waals surface area contributed by atoms with Gasteiger partial charge < -0.3 is 4.98 Å². The van der Waals surface area contributed by atoms with Crippen LogP contribution in [0.4, 0.5) is 0 Å². The molecule has 4 aromatic rings. The molecule has 122 valence electrons. The number of halogens is 1. The Bertz CT molecular complexity index is 1030. The summed E-state index contributed by atoms with van der Waals surface area (Å²) in [7, 11) is 0. The van der Waals surface area contributed by atoms with Crippen molar-refractivity contribution in [2.45, 2.75) is 0 Å². The smallest absolute Gasteiger partial charge is 0.206 e. The first-order valence-corrected chi connectivity index (χ1v) is 8.97. The topological polar surface area (TPSA) is 45.8 Å². The summed E-state index contributed by atoms with van der Waals surface area (Å²) >= 11 is 7.38. The number of fused-ring (bicyclic) bond motifs is 1. The van der Waals surface area contributed by atoms with Gasteiger partial charge in [0.05, 0.1) is 21.5 Å². The van der Waals surface area contributed by atoms with E-state index in [4.69, 9.17) is 11.6 Å². The quantitative estimate of drug-likeness (QED) is 0.373. The Kier molecular flexibility index (Phi) is 4.22. The second-order valence-corrected chi connectivity index (χ2v) is 6.90. The van der Waals surface area contributed by atoms with Crippen LogP contribution in [0.25, 0.3) is 22.7 Å². The van der Waals surface area contributed by atoms with Crippen LogP contribution in [0.3, 0.4) is 0 Å². The van der Waals surface area contributed by atoms with Gasteiger partial charge in [-0.3, -0.25) is 4.79 Å². The summed E-state index contributed by atoms with van der Waals surface area (Å²) in [4.78, 5) is 21.5. The summed E-state index contributed by atoms with van der Waals surface area (Å²) in [5.41, 5.74) is 3.16. The van der Waals surface area contributed by atoms with Crippen molar-refractivity contribution < 1.29 is 4.79 Å². The molecule has 1 N–H and O–H groups in total. The van der Waals surface area contributed by atoms with E-state index < -0.39 is 0 Å². The zero-order valence-electron chi connectivity index (χ0n) is 13.1. The van der Waals surface area contributed by atoms with Gasteiger partial charge in [0.15, 0.2) is 0 Å². The van der Waals surface area contributed by atoms with Gasteiger partial charge in [0.2, 0.25) is 5.78 Å². The first-order valence-electron chi connectivity index (χ1n) is 7.71. The van der Waals surface area contributed by atoms with Gasteiger partial charge in [-0.05, 0) is 47.4 Å². The molecule has 0 unspecified atom stereocenters. The van der Waals surface area contributed by atoms with E-state index in [2.05, 4.69) is 9.97 Å². The van der Waals surface area contributed by atoms with Gasteiger partial charge in [-0.1, -0.05) is 41.9 Å². The number of carbonyl (C=O) groups is 1. The molecule has 0 aliphatic carbocycles. The zero-order chi connectivity index (χ0) is 17.2. The number of ketones is 1. The van der Waals surface area contributed by atoms with Crippen molar-refractivity contribution >= 4 is 51.4 Å². The molecule has 0 spiro atoms. The molecule has 2 heterocycles. The van der Waals surface area contributed by atoms with Crippen molar-refractivity contribution in [1.29, 1.82) is 0 Å². The number of carbonyl (C=O) groups excluding carboxylic acids is 1. The number of hydrogen-bond acceptors (Lipinski definition) is 3. The fraction of sp³-hybridized carbons (Fsp3) is 0. The van der Waals surface area contributed by atoms with Gasteiger partial charge in [0.1, 0.15) is 5.82 Å². The number of nitrogens with zero attached hydrogens (tertiary/aromatic N) is 1. The lowest BCUT2D eigenvalue weighted by atomic mass is 10.1. The van der Waals surface area contributed by atoms with Crippen LogP contribution in [0.2, 0.25) is 5.02 Å². The summed E-state index contributed by atoms with van der Waals surface area (Å²) in [6.45, 7) is 0. The normalized spacial score (nSPS) is 11.8. The van der Waals surface area contributed by atoms with Crippen molar-refractivity contribution in [1.82, 2.24) is 9.97 Å². The second-order valence-electron chi connectivity index (χ2n) is 5.52. The van der Waals surface area contributed by atoms with Crippen molar-refractivity contribution in [3.63, 3.8) is 0 Å². The number of allylic oxidation sites excluding steroid dienone is 1. The number of aromatic amines is 1. The van der Waals surface area contributed by atoms with Crippen molar-refractivity contribution in [3.8, 4) is 0 Å². The van der Waals surface area contributed by atoms with E-state index in [1.807, 2.05) is 60.0 Å². The Morgan fingerprint density at radius 2 is 1.84 bits per heavy atom. The van der Waals surface area contributed by atoms with Crippen LogP contribution in [-0.4, -0.2) is 15.8 Å². The standard InChI is InChI=1S/C20H13ClN2OS/c21-14-9-7-13(8-10-14)12-15(19(24)18-6-3-11-25-18)20-22-16-4-1-2-5-17(16)23-20/h1-12H,(H,22,23). The molecule has 0 saturated carbocycles. The number of nitrogens with one attached hydrogen (secondary N) is 1. The Labute approximate surface area is 153 Å². The molecule has 3 nitrogen and oxygen atoms in total. The van der Waals surface area contributed by atoms with Gasteiger partial charge in [-0.25, -0.2) is 4.98 Å². The lowest BCUT2D eigenvalue weighted by Gasteiger charge is -2.03. The minimum Gasteiger partial charge on any atom is -0.338 e. The number of hydrogen-bond donors (Lipinski definition) is 1. The monoisotopic (exact) mass is 364 g/mol. The van der Waals surface area contributed by atoms with E-state index in [-0.39, 0.29) is 5.78 Å². The molecule has 0 bridgehead atoms. The number of para-hydroxylation sites is 2. The maximum Gasteiger partial charge on any atom is 0.206 e. The number of benzene rings is 2. The molecule has 25 heavy (non-hydrogen) atoms. The molecular formula is C20H13ClN2OS. The summed E-state index contributed by atoms with van der Waals surface area (Å²) < 4.78 is 0. The Morgan fingerprint density at radius 1 is 1.04 bits per heavy atom. The third-order valence-electron chi connectivity index (χ3n) is 3.82. The van der Waals surface area contributed by atoms with E-state index in [0.717, 1.165) is 16.6 Å². The number of H-pyrrole nitrogens is 1. The highest BCUT2D eigenvalue weighted by atomic mass is 35.5. The van der Waals surface area contributed by atoms with E-state index in [9.17, 15) is 4.79 Å². The molecule has 0 aliphatic rings. The maximum absolute atomic E-state index is 13.0. The SMILES string of the molecule is O=C(C(=Cc1ccc(Cl)cc1)c1nc2ccccc2[nH]1)c1cccs1. The predicted octanol–water partition coefficient (Wildman–Crippen LogP) is 5.70. The van der Waals surface area contributed by atoms with Crippen LogP contribution in [0.1, 0.15) is 21.1 Å². The van der Waals surface area contributed by atoms with E-state index in [1.54, 1.807) is 12.1 Å².